The summed E-state index contributed by atoms with van der Waals surface area (Å²) in [6, 6.07) is 0. The van der Waals surface area contributed by atoms with Crippen molar-refractivity contribution in [3.05, 3.63) is 0 Å². The molecule has 2 unspecified atom stereocenters. The summed E-state index contributed by atoms with van der Waals surface area (Å²) < 4.78 is 0. The first-order valence-corrected chi connectivity index (χ1v) is 6.63. The molecule has 0 saturated heterocycles. The van der Waals surface area contributed by atoms with Crippen LogP contribution in [0.4, 0.5) is 0 Å². The molecule has 16 heavy (non-hydrogen) atoms. The van der Waals surface area contributed by atoms with Crippen LogP contribution in [0.1, 0.15) is 52.4 Å². The standard InChI is InChI=1S/C13H27NO2/c1-3-13(2,10-15)14-9-12(16)8-11-6-4-5-7-11/h11-12,14-16H,3-10H2,1-2H3. The summed E-state index contributed by atoms with van der Waals surface area (Å²) >= 11 is 0. The Kier molecular flexibility index (Phi) is 5.73. The molecule has 0 aromatic rings. The lowest BCUT2D eigenvalue weighted by Gasteiger charge is -2.29. The van der Waals surface area contributed by atoms with Crippen LogP contribution in [0.2, 0.25) is 0 Å². The van der Waals surface area contributed by atoms with E-state index in [0.717, 1.165) is 18.8 Å². The molecule has 0 aliphatic heterocycles. The fourth-order valence-electron chi connectivity index (χ4n) is 2.37. The zero-order valence-corrected chi connectivity index (χ0v) is 10.7. The van der Waals surface area contributed by atoms with Gasteiger partial charge in [0.1, 0.15) is 0 Å². The smallest absolute Gasteiger partial charge is 0.0667 e. The Morgan fingerprint density at radius 2 is 2.00 bits per heavy atom. The molecule has 1 aliphatic carbocycles. The molecule has 1 rings (SSSR count). The summed E-state index contributed by atoms with van der Waals surface area (Å²) in [6.07, 6.45) is 6.74. The number of β-amino-alcohol motifs (C(OH)–C–C–N with tert-alkyl or cyclic N) is 1. The number of hydrogen-bond acceptors (Lipinski definition) is 3. The maximum absolute atomic E-state index is 9.92. The highest BCUT2D eigenvalue weighted by Gasteiger charge is 2.23. The lowest BCUT2D eigenvalue weighted by Crippen LogP contribution is -2.48. The van der Waals surface area contributed by atoms with Crippen LogP contribution in [0.3, 0.4) is 0 Å². The molecule has 0 radical (unpaired) electrons. The van der Waals surface area contributed by atoms with Crippen molar-refractivity contribution < 1.29 is 10.2 Å². The number of nitrogens with one attached hydrogen (secondary N) is 1. The lowest BCUT2D eigenvalue weighted by atomic mass is 9.97. The fraction of sp³-hybridized carbons (Fsp3) is 1.00. The molecule has 0 heterocycles. The van der Waals surface area contributed by atoms with Crippen LogP contribution in [0.15, 0.2) is 0 Å². The summed E-state index contributed by atoms with van der Waals surface area (Å²) in [4.78, 5) is 0. The van der Waals surface area contributed by atoms with Crippen molar-refractivity contribution in [2.75, 3.05) is 13.2 Å². The largest absolute Gasteiger partial charge is 0.394 e. The Hall–Kier alpha value is -0.120. The Morgan fingerprint density at radius 3 is 2.50 bits per heavy atom. The third kappa shape index (κ3) is 4.40. The van der Waals surface area contributed by atoms with Gasteiger partial charge in [-0.1, -0.05) is 32.6 Å². The van der Waals surface area contributed by atoms with E-state index in [1.165, 1.54) is 25.7 Å². The van der Waals surface area contributed by atoms with E-state index in [1.807, 2.05) is 13.8 Å². The van der Waals surface area contributed by atoms with E-state index < -0.39 is 0 Å². The topological polar surface area (TPSA) is 52.5 Å². The molecular weight excluding hydrogens is 202 g/mol. The maximum atomic E-state index is 9.92. The van der Waals surface area contributed by atoms with E-state index in [1.54, 1.807) is 0 Å². The van der Waals surface area contributed by atoms with Gasteiger partial charge in [0.15, 0.2) is 0 Å². The Bertz CT molecular complexity index is 186. The highest BCUT2D eigenvalue weighted by molar-refractivity contribution is 4.82. The molecule has 3 heteroatoms. The number of aliphatic hydroxyl groups excluding tert-OH is 2. The van der Waals surface area contributed by atoms with E-state index in [-0.39, 0.29) is 18.2 Å². The van der Waals surface area contributed by atoms with Crippen molar-refractivity contribution >= 4 is 0 Å². The SMILES string of the molecule is CCC(C)(CO)NCC(O)CC1CCCC1. The van der Waals surface area contributed by atoms with Crippen LogP contribution in [0, 0.1) is 5.92 Å². The number of hydrogen-bond donors (Lipinski definition) is 3. The Balaban J connectivity index is 2.20. The summed E-state index contributed by atoms with van der Waals surface area (Å²) in [7, 11) is 0. The predicted octanol–water partition coefficient (Wildman–Crippen LogP) is 1.68. The highest BCUT2D eigenvalue weighted by Crippen LogP contribution is 2.28. The second-order valence-corrected chi connectivity index (χ2v) is 5.49. The summed E-state index contributed by atoms with van der Waals surface area (Å²) in [5.74, 6) is 0.721. The van der Waals surface area contributed by atoms with Crippen LogP contribution in [0.25, 0.3) is 0 Å². The van der Waals surface area contributed by atoms with Crippen LogP contribution < -0.4 is 5.32 Å². The van der Waals surface area contributed by atoms with Gasteiger partial charge in [-0.15, -0.1) is 0 Å². The molecule has 0 spiro atoms. The molecule has 3 nitrogen and oxygen atoms in total. The third-order valence-corrected chi connectivity index (χ3v) is 3.97. The Labute approximate surface area is 99.3 Å². The van der Waals surface area contributed by atoms with E-state index in [4.69, 9.17) is 0 Å². The second kappa shape index (κ2) is 6.58. The summed E-state index contributed by atoms with van der Waals surface area (Å²) in [6.45, 7) is 4.77. The van der Waals surface area contributed by atoms with Crippen LogP contribution in [-0.4, -0.2) is 35.0 Å². The average Bonchev–Trinajstić information content (AvgIpc) is 2.79. The third-order valence-electron chi connectivity index (χ3n) is 3.97. The molecule has 0 aromatic carbocycles. The van der Waals surface area contributed by atoms with Gasteiger partial charge in [0, 0.05) is 12.1 Å². The molecule has 96 valence electrons. The van der Waals surface area contributed by atoms with Gasteiger partial charge in [-0.2, -0.15) is 0 Å². The van der Waals surface area contributed by atoms with Gasteiger partial charge >= 0.3 is 0 Å². The number of rotatable bonds is 7. The Morgan fingerprint density at radius 1 is 1.38 bits per heavy atom. The van der Waals surface area contributed by atoms with Gasteiger partial charge in [-0.25, -0.2) is 0 Å². The van der Waals surface area contributed by atoms with E-state index in [0.29, 0.717) is 6.54 Å². The first kappa shape index (κ1) is 13.9. The van der Waals surface area contributed by atoms with Gasteiger partial charge in [-0.3, -0.25) is 0 Å². The molecule has 0 aromatic heterocycles. The molecule has 3 N–H and O–H groups in total. The molecule has 1 saturated carbocycles. The van der Waals surface area contributed by atoms with Crippen LogP contribution >= 0.6 is 0 Å². The zero-order chi connectivity index (χ0) is 12.0. The first-order chi connectivity index (χ1) is 7.59. The van der Waals surface area contributed by atoms with E-state index in [9.17, 15) is 10.2 Å². The predicted molar refractivity (Wildman–Crippen MR) is 66.4 cm³/mol. The molecule has 2 atom stereocenters. The summed E-state index contributed by atoms with van der Waals surface area (Å²) in [5.41, 5.74) is -0.239. The minimum Gasteiger partial charge on any atom is -0.394 e. The zero-order valence-electron chi connectivity index (χ0n) is 10.7. The highest BCUT2D eigenvalue weighted by atomic mass is 16.3. The van der Waals surface area contributed by atoms with Crippen molar-refractivity contribution in [3.63, 3.8) is 0 Å². The molecular formula is C13H27NO2. The minimum atomic E-state index is -0.263. The molecule has 1 fully saturated rings. The second-order valence-electron chi connectivity index (χ2n) is 5.49. The summed E-state index contributed by atoms with van der Waals surface area (Å²) in [5, 5.41) is 22.4. The van der Waals surface area contributed by atoms with Crippen molar-refractivity contribution in [1.29, 1.82) is 0 Å². The van der Waals surface area contributed by atoms with E-state index in [2.05, 4.69) is 5.32 Å². The van der Waals surface area contributed by atoms with Crippen LogP contribution in [-0.2, 0) is 0 Å². The number of aliphatic hydroxyl groups is 2. The normalized spacial score (nSPS) is 23.2. The molecule has 1 aliphatic rings. The quantitative estimate of drug-likeness (QED) is 0.622. The van der Waals surface area contributed by atoms with Crippen molar-refractivity contribution in [1.82, 2.24) is 5.32 Å². The van der Waals surface area contributed by atoms with Crippen molar-refractivity contribution in [3.8, 4) is 0 Å². The van der Waals surface area contributed by atoms with Crippen molar-refractivity contribution in [2.24, 2.45) is 5.92 Å². The van der Waals surface area contributed by atoms with Crippen molar-refractivity contribution in [2.45, 2.75) is 64.0 Å². The first-order valence-electron chi connectivity index (χ1n) is 6.63. The molecule has 0 amide bonds. The minimum absolute atomic E-state index is 0.125. The van der Waals surface area contributed by atoms with Gasteiger partial charge in [0.05, 0.1) is 12.7 Å². The van der Waals surface area contributed by atoms with Gasteiger partial charge < -0.3 is 15.5 Å². The van der Waals surface area contributed by atoms with Gasteiger partial charge in [0.2, 0.25) is 0 Å². The van der Waals surface area contributed by atoms with Gasteiger partial charge in [-0.05, 0) is 25.7 Å². The molecule has 0 bridgehead atoms. The monoisotopic (exact) mass is 229 g/mol. The lowest BCUT2D eigenvalue weighted by molar-refractivity contribution is 0.109. The van der Waals surface area contributed by atoms with Crippen LogP contribution in [0.5, 0.6) is 0 Å². The van der Waals surface area contributed by atoms with E-state index >= 15 is 0 Å². The fourth-order valence-corrected chi connectivity index (χ4v) is 2.37. The van der Waals surface area contributed by atoms with Gasteiger partial charge in [0.25, 0.3) is 0 Å². The maximum Gasteiger partial charge on any atom is 0.0667 e. The average molecular weight is 229 g/mol.